The fourth-order valence-corrected chi connectivity index (χ4v) is 2.82. The molecular formula is C13H11N3S2. The Bertz CT molecular complexity index is 586. The zero-order valence-electron chi connectivity index (χ0n) is 9.54. The summed E-state index contributed by atoms with van der Waals surface area (Å²) in [6.07, 6.45) is 3.65. The van der Waals surface area contributed by atoms with E-state index < -0.39 is 0 Å². The first-order valence-electron chi connectivity index (χ1n) is 5.54. The van der Waals surface area contributed by atoms with Crippen molar-refractivity contribution in [2.45, 2.75) is 6.54 Å². The molecule has 18 heavy (non-hydrogen) atoms. The zero-order chi connectivity index (χ0) is 12.2. The average molecular weight is 273 g/mol. The van der Waals surface area contributed by atoms with E-state index in [-0.39, 0.29) is 0 Å². The molecule has 0 fully saturated rings. The number of nitrogens with zero attached hydrogens (tertiary/aromatic N) is 2. The van der Waals surface area contributed by atoms with Crippen molar-refractivity contribution in [3.05, 3.63) is 52.4 Å². The summed E-state index contributed by atoms with van der Waals surface area (Å²) < 4.78 is 0. The Morgan fingerprint density at radius 1 is 0.944 bits per heavy atom. The van der Waals surface area contributed by atoms with Gasteiger partial charge in [0, 0.05) is 34.4 Å². The zero-order valence-corrected chi connectivity index (χ0v) is 11.2. The van der Waals surface area contributed by atoms with Crippen molar-refractivity contribution in [1.29, 1.82) is 0 Å². The van der Waals surface area contributed by atoms with Crippen LogP contribution in [0.25, 0.3) is 10.6 Å². The summed E-state index contributed by atoms with van der Waals surface area (Å²) in [6, 6.07) is 8.32. The third kappa shape index (κ3) is 2.57. The minimum absolute atomic E-state index is 0.772. The summed E-state index contributed by atoms with van der Waals surface area (Å²) in [4.78, 5) is 8.53. The summed E-state index contributed by atoms with van der Waals surface area (Å²) in [5.41, 5.74) is 2.26. The van der Waals surface area contributed by atoms with Crippen molar-refractivity contribution in [2.24, 2.45) is 0 Å². The quantitative estimate of drug-likeness (QED) is 0.784. The number of aromatic nitrogens is 2. The van der Waals surface area contributed by atoms with Gasteiger partial charge in [-0.3, -0.25) is 0 Å². The van der Waals surface area contributed by atoms with Gasteiger partial charge < -0.3 is 5.32 Å². The molecule has 0 saturated heterocycles. The molecule has 0 spiro atoms. The fourth-order valence-electron chi connectivity index (χ4n) is 1.61. The highest BCUT2D eigenvalue weighted by atomic mass is 32.1. The second-order valence-electron chi connectivity index (χ2n) is 3.69. The molecule has 3 rings (SSSR count). The van der Waals surface area contributed by atoms with E-state index in [1.165, 1.54) is 0 Å². The molecule has 5 heteroatoms. The number of benzene rings is 1. The van der Waals surface area contributed by atoms with Crippen LogP contribution in [0, 0.1) is 0 Å². The lowest BCUT2D eigenvalue weighted by atomic mass is 10.2. The molecule has 0 amide bonds. The smallest absolute Gasteiger partial charge is 0.123 e. The second kappa shape index (κ2) is 5.29. The standard InChI is InChI=1S/C13H11N3S2/c1-3-11(16-9-12-14-5-7-17-12)4-2-10(1)13-15-6-8-18-13/h1-8,16H,9H2. The van der Waals surface area contributed by atoms with Crippen LogP contribution in [0.15, 0.2) is 47.4 Å². The third-order valence-corrected chi connectivity index (χ3v) is 4.09. The van der Waals surface area contributed by atoms with E-state index in [4.69, 9.17) is 0 Å². The number of hydrogen-bond acceptors (Lipinski definition) is 5. The van der Waals surface area contributed by atoms with E-state index in [0.29, 0.717) is 0 Å². The van der Waals surface area contributed by atoms with Crippen LogP contribution in [-0.2, 0) is 6.54 Å². The Hall–Kier alpha value is -1.72. The second-order valence-corrected chi connectivity index (χ2v) is 5.57. The largest absolute Gasteiger partial charge is 0.379 e. The van der Waals surface area contributed by atoms with Crippen molar-refractivity contribution in [1.82, 2.24) is 9.97 Å². The van der Waals surface area contributed by atoms with Crippen LogP contribution in [0.3, 0.4) is 0 Å². The van der Waals surface area contributed by atoms with Gasteiger partial charge >= 0.3 is 0 Å². The van der Waals surface area contributed by atoms with E-state index in [0.717, 1.165) is 27.8 Å². The predicted molar refractivity (Wildman–Crippen MR) is 77.0 cm³/mol. The normalized spacial score (nSPS) is 10.4. The maximum atomic E-state index is 4.29. The van der Waals surface area contributed by atoms with E-state index in [9.17, 15) is 0 Å². The Kier molecular flexibility index (Phi) is 3.34. The predicted octanol–water partition coefficient (Wildman–Crippen LogP) is 3.88. The van der Waals surface area contributed by atoms with Gasteiger partial charge in [-0.25, -0.2) is 9.97 Å². The molecule has 0 aliphatic heterocycles. The van der Waals surface area contributed by atoms with Gasteiger partial charge in [-0.15, -0.1) is 22.7 Å². The highest BCUT2D eigenvalue weighted by Gasteiger charge is 2.00. The van der Waals surface area contributed by atoms with Gasteiger partial charge in [0.25, 0.3) is 0 Å². The number of rotatable bonds is 4. The van der Waals surface area contributed by atoms with Crippen LogP contribution in [0.2, 0.25) is 0 Å². The summed E-state index contributed by atoms with van der Waals surface area (Å²) in [5.74, 6) is 0. The van der Waals surface area contributed by atoms with Crippen molar-refractivity contribution in [3.63, 3.8) is 0 Å². The SMILES string of the molecule is c1csc(CNc2ccc(-c3nccs3)cc2)n1. The summed E-state index contributed by atoms with van der Waals surface area (Å²) in [5, 5.41) is 9.48. The Balaban J connectivity index is 1.68. The van der Waals surface area contributed by atoms with Crippen LogP contribution >= 0.6 is 22.7 Å². The molecule has 0 bridgehead atoms. The topological polar surface area (TPSA) is 37.8 Å². The molecule has 0 aliphatic rings. The van der Waals surface area contributed by atoms with E-state index in [2.05, 4.69) is 39.6 Å². The maximum Gasteiger partial charge on any atom is 0.123 e. The van der Waals surface area contributed by atoms with Crippen molar-refractivity contribution >= 4 is 28.4 Å². The van der Waals surface area contributed by atoms with Crippen molar-refractivity contribution in [2.75, 3.05) is 5.32 Å². The van der Waals surface area contributed by atoms with E-state index >= 15 is 0 Å². The van der Waals surface area contributed by atoms with Crippen LogP contribution in [-0.4, -0.2) is 9.97 Å². The lowest BCUT2D eigenvalue weighted by Gasteiger charge is -2.04. The number of hydrogen-bond donors (Lipinski definition) is 1. The minimum atomic E-state index is 0.772. The van der Waals surface area contributed by atoms with Crippen LogP contribution in [0.5, 0.6) is 0 Å². The molecule has 0 atom stereocenters. The van der Waals surface area contributed by atoms with Gasteiger partial charge in [0.15, 0.2) is 0 Å². The molecule has 0 aliphatic carbocycles. The molecule has 1 N–H and O–H groups in total. The molecule has 1 aromatic carbocycles. The number of nitrogens with one attached hydrogen (secondary N) is 1. The van der Waals surface area contributed by atoms with E-state index in [1.54, 1.807) is 22.7 Å². The van der Waals surface area contributed by atoms with E-state index in [1.807, 2.05) is 23.2 Å². The highest BCUT2D eigenvalue weighted by molar-refractivity contribution is 7.13. The lowest BCUT2D eigenvalue weighted by Crippen LogP contribution is -1.98. The molecule has 3 aromatic rings. The average Bonchev–Trinajstić information content (AvgIpc) is 3.10. The molecule has 0 radical (unpaired) electrons. The first kappa shape index (κ1) is 11.4. The Morgan fingerprint density at radius 2 is 1.72 bits per heavy atom. The third-order valence-electron chi connectivity index (χ3n) is 2.49. The summed E-state index contributed by atoms with van der Waals surface area (Å²) in [6.45, 7) is 0.772. The van der Waals surface area contributed by atoms with Gasteiger partial charge in [-0.2, -0.15) is 0 Å². The van der Waals surface area contributed by atoms with Crippen LogP contribution < -0.4 is 5.32 Å². The molecule has 0 saturated carbocycles. The molecule has 90 valence electrons. The summed E-state index contributed by atoms with van der Waals surface area (Å²) in [7, 11) is 0. The first-order valence-corrected chi connectivity index (χ1v) is 7.30. The molecule has 3 nitrogen and oxygen atoms in total. The maximum absolute atomic E-state index is 4.29. The monoisotopic (exact) mass is 273 g/mol. The lowest BCUT2D eigenvalue weighted by molar-refractivity contribution is 1.10. The van der Waals surface area contributed by atoms with Gasteiger partial charge in [0.05, 0.1) is 6.54 Å². The van der Waals surface area contributed by atoms with Gasteiger partial charge in [0.2, 0.25) is 0 Å². The van der Waals surface area contributed by atoms with Crippen LogP contribution in [0.1, 0.15) is 5.01 Å². The molecule has 2 aromatic heterocycles. The van der Waals surface area contributed by atoms with Crippen LogP contribution in [0.4, 0.5) is 5.69 Å². The number of anilines is 1. The molecular weight excluding hydrogens is 262 g/mol. The molecule has 2 heterocycles. The minimum Gasteiger partial charge on any atom is -0.379 e. The van der Waals surface area contributed by atoms with Gasteiger partial charge in [-0.1, -0.05) is 0 Å². The van der Waals surface area contributed by atoms with Crippen molar-refractivity contribution < 1.29 is 0 Å². The van der Waals surface area contributed by atoms with Gasteiger partial charge in [-0.05, 0) is 24.3 Å². The summed E-state index contributed by atoms with van der Waals surface area (Å²) >= 11 is 3.31. The first-order chi connectivity index (χ1) is 8.92. The Morgan fingerprint density at radius 3 is 2.39 bits per heavy atom. The van der Waals surface area contributed by atoms with Crippen molar-refractivity contribution in [3.8, 4) is 10.6 Å². The highest BCUT2D eigenvalue weighted by Crippen LogP contribution is 2.23. The number of thiazole rings is 2. The Labute approximate surface area is 113 Å². The molecule has 0 unspecified atom stereocenters. The van der Waals surface area contributed by atoms with Gasteiger partial charge in [0.1, 0.15) is 10.0 Å². The fraction of sp³-hybridized carbons (Fsp3) is 0.0769.